The number of aryl methyl sites for hydroxylation is 1. The molecule has 0 saturated heterocycles. The summed E-state index contributed by atoms with van der Waals surface area (Å²) in [5.74, 6) is 1.05. The highest BCUT2D eigenvalue weighted by Gasteiger charge is 2.06. The van der Waals surface area contributed by atoms with Crippen LogP contribution in [0.15, 0.2) is 18.2 Å². The van der Waals surface area contributed by atoms with Crippen LogP contribution in [0.4, 0.5) is 0 Å². The fourth-order valence-corrected chi connectivity index (χ4v) is 1.66. The quantitative estimate of drug-likeness (QED) is 0.562. The molecule has 0 saturated carbocycles. The lowest BCUT2D eigenvalue weighted by molar-refractivity contribution is 0.314. The van der Waals surface area contributed by atoms with Crippen LogP contribution in [0.2, 0.25) is 0 Å². The molecule has 1 aromatic rings. The Labute approximate surface area is 103 Å². The number of benzene rings is 1. The SMILES string of the molecule is CCCCc1cc(C(=N)N)ccc1OCCC. The van der Waals surface area contributed by atoms with Crippen LogP contribution >= 0.6 is 0 Å². The number of hydrogen-bond donors (Lipinski definition) is 2. The zero-order chi connectivity index (χ0) is 12.7. The van der Waals surface area contributed by atoms with E-state index in [1.807, 2.05) is 18.2 Å². The molecule has 0 aromatic heterocycles. The molecule has 3 heteroatoms. The number of amidine groups is 1. The Morgan fingerprint density at radius 1 is 1.29 bits per heavy atom. The van der Waals surface area contributed by atoms with Gasteiger partial charge in [0.25, 0.3) is 0 Å². The average molecular weight is 234 g/mol. The molecule has 0 spiro atoms. The molecule has 0 fully saturated rings. The molecule has 0 bridgehead atoms. The van der Waals surface area contributed by atoms with Crippen molar-refractivity contribution >= 4 is 5.84 Å². The number of hydrogen-bond acceptors (Lipinski definition) is 2. The minimum atomic E-state index is 0.116. The average Bonchev–Trinajstić information content (AvgIpc) is 2.34. The van der Waals surface area contributed by atoms with E-state index in [9.17, 15) is 0 Å². The molecule has 1 rings (SSSR count). The van der Waals surface area contributed by atoms with Gasteiger partial charge in [0.1, 0.15) is 11.6 Å². The van der Waals surface area contributed by atoms with Crippen molar-refractivity contribution in [3.63, 3.8) is 0 Å². The summed E-state index contributed by atoms with van der Waals surface area (Å²) in [6.45, 7) is 5.00. The Morgan fingerprint density at radius 3 is 2.65 bits per heavy atom. The Kier molecular flexibility index (Phi) is 5.53. The van der Waals surface area contributed by atoms with Crippen LogP contribution in [0.3, 0.4) is 0 Å². The van der Waals surface area contributed by atoms with Gasteiger partial charge in [0.05, 0.1) is 6.61 Å². The fraction of sp³-hybridized carbons (Fsp3) is 0.500. The molecule has 0 aliphatic rings. The lowest BCUT2D eigenvalue weighted by atomic mass is 10.0. The summed E-state index contributed by atoms with van der Waals surface area (Å²) in [5, 5.41) is 7.45. The van der Waals surface area contributed by atoms with E-state index in [0.29, 0.717) is 0 Å². The van der Waals surface area contributed by atoms with Gasteiger partial charge in [0.2, 0.25) is 0 Å². The van der Waals surface area contributed by atoms with Gasteiger partial charge in [-0.05, 0) is 43.0 Å². The molecule has 3 N–H and O–H groups in total. The van der Waals surface area contributed by atoms with Crippen LogP contribution in [-0.2, 0) is 6.42 Å². The third kappa shape index (κ3) is 4.10. The number of nitrogens with two attached hydrogens (primary N) is 1. The maximum absolute atomic E-state index is 7.45. The first kappa shape index (κ1) is 13.6. The van der Waals surface area contributed by atoms with Crippen molar-refractivity contribution in [2.24, 2.45) is 5.73 Å². The van der Waals surface area contributed by atoms with Crippen molar-refractivity contribution in [2.45, 2.75) is 39.5 Å². The van der Waals surface area contributed by atoms with Gasteiger partial charge in [-0.3, -0.25) is 5.41 Å². The van der Waals surface area contributed by atoms with Crippen molar-refractivity contribution in [1.82, 2.24) is 0 Å². The highest BCUT2D eigenvalue weighted by molar-refractivity contribution is 5.95. The van der Waals surface area contributed by atoms with Crippen molar-refractivity contribution < 1.29 is 4.74 Å². The number of nitrogens with one attached hydrogen (secondary N) is 1. The van der Waals surface area contributed by atoms with Gasteiger partial charge >= 0.3 is 0 Å². The molecule has 0 aliphatic heterocycles. The van der Waals surface area contributed by atoms with Gasteiger partial charge in [0, 0.05) is 5.56 Å². The van der Waals surface area contributed by atoms with E-state index in [-0.39, 0.29) is 5.84 Å². The van der Waals surface area contributed by atoms with E-state index in [1.54, 1.807) is 0 Å². The standard InChI is InChI=1S/C14H22N2O/c1-3-5-6-11-10-12(14(15)16)7-8-13(11)17-9-4-2/h7-8,10H,3-6,9H2,1-2H3,(H3,15,16). The lowest BCUT2D eigenvalue weighted by Crippen LogP contribution is -2.11. The topological polar surface area (TPSA) is 59.1 Å². The minimum absolute atomic E-state index is 0.116. The Morgan fingerprint density at radius 2 is 2.06 bits per heavy atom. The normalized spacial score (nSPS) is 10.2. The van der Waals surface area contributed by atoms with Gasteiger partial charge in [-0.15, -0.1) is 0 Å². The third-order valence-electron chi connectivity index (χ3n) is 2.63. The zero-order valence-corrected chi connectivity index (χ0v) is 10.8. The predicted octanol–water partition coefficient (Wildman–Crippen LogP) is 3.10. The molecule has 0 aliphatic carbocycles. The van der Waals surface area contributed by atoms with Crippen molar-refractivity contribution in [2.75, 3.05) is 6.61 Å². The summed E-state index contributed by atoms with van der Waals surface area (Å²) >= 11 is 0. The van der Waals surface area contributed by atoms with E-state index < -0.39 is 0 Å². The molecule has 94 valence electrons. The second kappa shape index (κ2) is 6.94. The molecule has 0 atom stereocenters. The number of rotatable bonds is 7. The highest BCUT2D eigenvalue weighted by atomic mass is 16.5. The van der Waals surface area contributed by atoms with Gasteiger partial charge in [-0.2, -0.15) is 0 Å². The van der Waals surface area contributed by atoms with Crippen LogP contribution in [0.5, 0.6) is 5.75 Å². The van der Waals surface area contributed by atoms with Gasteiger partial charge in [0.15, 0.2) is 0 Å². The van der Waals surface area contributed by atoms with E-state index >= 15 is 0 Å². The predicted molar refractivity (Wildman–Crippen MR) is 71.9 cm³/mol. The minimum Gasteiger partial charge on any atom is -0.493 e. The molecular weight excluding hydrogens is 212 g/mol. The van der Waals surface area contributed by atoms with Crippen LogP contribution in [0.25, 0.3) is 0 Å². The van der Waals surface area contributed by atoms with Crippen molar-refractivity contribution in [3.8, 4) is 5.75 Å². The Bertz CT molecular complexity index is 374. The largest absolute Gasteiger partial charge is 0.493 e. The lowest BCUT2D eigenvalue weighted by Gasteiger charge is -2.12. The first-order chi connectivity index (χ1) is 8.19. The van der Waals surface area contributed by atoms with Gasteiger partial charge < -0.3 is 10.5 Å². The number of ether oxygens (including phenoxy) is 1. The van der Waals surface area contributed by atoms with Crippen LogP contribution in [-0.4, -0.2) is 12.4 Å². The van der Waals surface area contributed by atoms with E-state index in [1.165, 1.54) is 0 Å². The summed E-state index contributed by atoms with van der Waals surface area (Å²) in [4.78, 5) is 0. The fourth-order valence-electron chi connectivity index (χ4n) is 1.66. The zero-order valence-electron chi connectivity index (χ0n) is 10.8. The second-order valence-corrected chi connectivity index (χ2v) is 4.19. The van der Waals surface area contributed by atoms with E-state index in [0.717, 1.165) is 49.2 Å². The van der Waals surface area contributed by atoms with Crippen LogP contribution in [0, 0.1) is 5.41 Å². The van der Waals surface area contributed by atoms with Crippen LogP contribution in [0.1, 0.15) is 44.2 Å². The molecule has 1 aromatic carbocycles. The summed E-state index contributed by atoms with van der Waals surface area (Å²) in [6.07, 6.45) is 4.26. The highest BCUT2D eigenvalue weighted by Crippen LogP contribution is 2.22. The Balaban J connectivity index is 2.90. The molecule has 0 amide bonds. The summed E-state index contributed by atoms with van der Waals surface area (Å²) < 4.78 is 5.71. The maximum Gasteiger partial charge on any atom is 0.122 e. The number of unbranched alkanes of at least 4 members (excludes halogenated alkanes) is 1. The van der Waals surface area contributed by atoms with Crippen molar-refractivity contribution in [1.29, 1.82) is 5.41 Å². The molecule has 0 heterocycles. The molecule has 0 radical (unpaired) electrons. The summed E-state index contributed by atoms with van der Waals surface area (Å²) in [7, 11) is 0. The molecular formula is C14H22N2O. The molecule has 17 heavy (non-hydrogen) atoms. The number of nitrogen functional groups attached to an aromatic ring is 1. The summed E-state index contributed by atoms with van der Waals surface area (Å²) in [6, 6.07) is 5.75. The smallest absolute Gasteiger partial charge is 0.122 e. The van der Waals surface area contributed by atoms with Crippen LogP contribution < -0.4 is 10.5 Å². The second-order valence-electron chi connectivity index (χ2n) is 4.19. The summed E-state index contributed by atoms with van der Waals surface area (Å²) in [5.41, 5.74) is 7.44. The Hall–Kier alpha value is -1.51. The molecule has 0 unspecified atom stereocenters. The molecule has 3 nitrogen and oxygen atoms in total. The van der Waals surface area contributed by atoms with Gasteiger partial charge in [-0.1, -0.05) is 20.3 Å². The maximum atomic E-state index is 7.45. The first-order valence-electron chi connectivity index (χ1n) is 6.29. The monoisotopic (exact) mass is 234 g/mol. The van der Waals surface area contributed by atoms with E-state index in [2.05, 4.69) is 13.8 Å². The van der Waals surface area contributed by atoms with Crippen molar-refractivity contribution in [3.05, 3.63) is 29.3 Å². The first-order valence-corrected chi connectivity index (χ1v) is 6.29. The van der Waals surface area contributed by atoms with E-state index in [4.69, 9.17) is 15.9 Å². The van der Waals surface area contributed by atoms with Gasteiger partial charge in [-0.25, -0.2) is 0 Å². The third-order valence-corrected chi connectivity index (χ3v) is 2.63.